The quantitative estimate of drug-likeness (QED) is 0.897. The maximum Gasteiger partial charge on any atom is 0.143 e. The van der Waals surface area contributed by atoms with Crippen LogP contribution in [0.15, 0.2) is 30.7 Å². The number of fused-ring (bicyclic) bond motifs is 1. The van der Waals surface area contributed by atoms with E-state index in [0.29, 0.717) is 12.2 Å². The zero-order valence-corrected chi connectivity index (χ0v) is 10.9. The molecule has 3 rings (SSSR count). The summed E-state index contributed by atoms with van der Waals surface area (Å²) >= 11 is 0. The van der Waals surface area contributed by atoms with Gasteiger partial charge in [-0.05, 0) is 12.1 Å². The van der Waals surface area contributed by atoms with Crippen LogP contribution in [0.1, 0.15) is 29.9 Å². The first-order valence-electron chi connectivity index (χ1n) is 6.18. The lowest BCUT2D eigenvalue weighted by Crippen LogP contribution is -2.20. The van der Waals surface area contributed by atoms with Gasteiger partial charge in [-0.25, -0.2) is 4.98 Å². The second kappa shape index (κ2) is 4.59. The standard InChI is InChI=1S/C14H16N2O3/c1-16-8-15-7-11(16)14-6-12(17)10-4-3-9(18-2)5-13(10)19-14/h3-5,7-8,12,14,17H,6H2,1-2H3/t12-,14?/m0/s1. The van der Waals surface area contributed by atoms with Crippen LogP contribution in [0.3, 0.4) is 0 Å². The van der Waals surface area contributed by atoms with Crippen molar-refractivity contribution in [3.63, 3.8) is 0 Å². The largest absolute Gasteiger partial charge is 0.497 e. The third-order valence-electron chi connectivity index (χ3n) is 3.47. The van der Waals surface area contributed by atoms with Crippen molar-refractivity contribution in [2.45, 2.75) is 18.6 Å². The molecular formula is C14H16N2O3. The molecule has 1 aliphatic heterocycles. The van der Waals surface area contributed by atoms with Crippen LogP contribution in [-0.4, -0.2) is 21.8 Å². The molecule has 100 valence electrons. The van der Waals surface area contributed by atoms with Gasteiger partial charge in [-0.15, -0.1) is 0 Å². The summed E-state index contributed by atoms with van der Waals surface area (Å²) in [5, 5.41) is 10.2. The summed E-state index contributed by atoms with van der Waals surface area (Å²) in [4.78, 5) is 4.09. The van der Waals surface area contributed by atoms with Gasteiger partial charge in [-0.1, -0.05) is 0 Å². The fourth-order valence-corrected chi connectivity index (χ4v) is 2.41. The predicted molar refractivity (Wildman–Crippen MR) is 69.1 cm³/mol. The first-order valence-corrected chi connectivity index (χ1v) is 6.18. The molecule has 0 radical (unpaired) electrons. The van der Waals surface area contributed by atoms with Crippen LogP contribution in [0.2, 0.25) is 0 Å². The summed E-state index contributed by atoms with van der Waals surface area (Å²) < 4.78 is 13.1. The second-order valence-electron chi connectivity index (χ2n) is 4.69. The molecule has 1 unspecified atom stereocenters. The Kier molecular flexibility index (Phi) is 2.91. The van der Waals surface area contributed by atoms with Crippen LogP contribution in [-0.2, 0) is 7.05 Å². The van der Waals surface area contributed by atoms with Crippen LogP contribution >= 0.6 is 0 Å². The van der Waals surface area contributed by atoms with Crippen LogP contribution < -0.4 is 9.47 Å². The van der Waals surface area contributed by atoms with Crippen molar-refractivity contribution in [1.82, 2.24) is 9.55 Å². The van der Waals surface area contributed by atoms with E-state index in [0.717, 1.165) is 17.0 Å². The first-order chi connectivity index (χ1) is 9.19. The Morgan fingerprint density at radius 1 is 1.47 bits per heavy atom. The summed E-state index contributed by atoms with van der Waals surface area (Å²) in [6, 6.07) is 5.48. The van der Waals surface area contributed by atoms with Gasteiger partial charge in [0.2, 0.25) is 0 Å². The maximum atomic E-state index is 10.2. The summed E-state index contributed by atoms with van der Waals surface area (Å²) in [6.45, 7) is 0. The molecule has 2 atom stereocenters. The van der Waals surface area contributed by atoms with Crippen LogP contribution in [0.25, 0.3) is 0 Å². The Balaban J connectivity index is 1.96. The smallest absolute Gasteiger partial charge is 0.143 e. The van der Waals surface area contributed by atoms with Gasteiger partial charge in [0.15, 0.2) is 0 Å². The fraction of sp³-hybridized carbons (Fsp3) is 0.357. The molecular weight excluding hydrogens is 244 g/mol. The van der Waals surface area contributed by atoms with Crippen molar-refractivity contribution in [2.75, 3.05) is 7.11 Å². The molecule has 1 aromatic heterocycles. The summed E-state index contributed by atoms with van der Waals surface area (Å²) in [5.74, 6) is 1.39. The number of ether oxygens (including phenoxy) is 2. The molecule has 0 amide bonds. The van der Waals surface area contributed by atoms with Gasteiger partial charge < -0.3 is 19.1 Å². The van der Waals surface area contributed by atoms with Crippen molar-refractivity contribution < 1.29 is 14.6 Å². The molecule has 0 bridgehead atoms. The molecule has 19 heavy (non-hydrogen) atoms. The van der Waals surface area contributed by atoms with Crippen LogP contribution in [0.5, 0.6) is 11.5 Å². The molecule has 0 fully saturated rings. The molecule has 1 aromatic carbocycles. The molecule has 2 aromatic rings. The van der Waals surface area contributed by atoms with Crippen molar-refractivity contribution in [1.29, 1.82) is 0 Å². The number of hydrogen-bond acceptors (Lipinski definition) is 4. The lowest BCUT2D eigenvalue weighted by molar-refractivity contribution is 0.0621. The van der Waals surface area contributed by atoms with Gasteiger partial charge in [0, 0.05) is 25.1 Å². The summed E-state index contributed by atoms with van der Waals surface area (Å²) in [7, 11) is 3.53. The van der Waals surface area contributed by atoms with Crippen molar-refractivity contribution in [3.05, 3.63) is 42.0 Å². The number of benzene rings is 1. The number of methoxy groups -OCH3 is 1. The van der Waals surface area contributed by atoms with E-state index in [4.69, 9.17) is 9.47 Å². The van der Waals surface area contributed by atoms with Crippen molar-refractivity contribution >= 4 is 0 Å². The topological polar surface area (TPSA) is 56.5 Å². The Morgan fingerprint density at radius 2 is 2.32 bits per heavy atom. The molecule has 5 heteroatoms. The van der Waals surface area contributed by atoms with E-state index in [-0.39, 0.29) is 6.10 Å². The van der Waals surface area contributed by atoms with Gasteiger partial charge in [-0.2, -0.15) is 0 Å². The monoisotopic (exact) mass is 260 g/mol. The van der Waals surface area contributed by atoms with E-state index >= 15 is 0 Å². The second-order valence-corrected chi connectivity index (χ2v) is 4.69. The summed E-state index contributed by atoms with van der Waals surface area (Å²) in [5.41, 5.74) is 1.76. The summed E-state index contributed by atoms with van der Waals surface area (Å²) in [6.07, 6.45) is 3.30. The predicted octanol–water partition coefficient (Wildman–Crippen LogP) is 1.99. The third kappa shape index (κ3) is 2.06. The highest BCUT2D eigenvalue weighted by Crippen LogP contribution is 2.41. The van der Waals surface area contributed by atoms with Gasteiger partial charge in [0.05, 0.1) is 31.4 Å². The lowest BCUT2D eigenvalue weighted by atomic mass is 9.97. The highest BCUT2D eigenvalue weighted by atomic mass is 16.5. The van der Waals surface area contributed by atoms with Crippen LogP contribution in [0.4, 0.5) is 0 Å². The average Bonchev–Trinajstić information content (AvgIpc) is 2.84. The Morgan fingerprint density at radius 3 is 3.00 bits per heavy atom. The Hall–Kier alpha value is -2.01. The number of aryl methyl sites for hydroxylation is 1. The van der Waals surface area contributed by atoms with Crippen LogP contribution in [0, 0.1) is 0 Å². The number of aliphatic hydroxyl groups is 1. The molecule has 0 saturated heterocycles. The molecule has 0 aliphatic carbocycles. The van der Waals surface area contributed by atoms with Crippen molar-refractivity contribution in [3.8, 4) is 11.5 Å². The highest BCUT2D eigenvalue weighted by molar-refractivity contribution is 5.43. The normalized spacial score (nSPS) is 21.6. The molecule has 5 nitrogen and oxygen atoms in total. The van der Waals surface area contributed by atoms with E-state index in [9.17, 15) is 5.11 Å². The number of hydrogen-bond donors (Lipinski definition) is 1. The zero-order valence-electron chi connectivity index (χ0n) is 10.9. The molecule has 1 N–H and O–H groups in total. The third-order valence-corrected chi connectivity index (χ3v) is 3.47. The SMILES string of the molecule is COc1ccc2c(c1)OC(c1cncn1C)C[C@@H]2O. The molecule has 0 saturated carbocycles. The number of rotatable bonds is 2. The first kappa shape index (κ1) is 12.0. The fourth-order valence-electron chi connectivity index (χ4n) is 2.41. The van der Waals surface area contributed by atoms with E-state index in [1.165, 1.54) is 0 Å². The van der Waals surface area contributed by atoms with E-state index < -0.39 is 6.10 Å². The zero-order chi connectivity index (χ0) is 13.4. The lowest BCUT2D eigenvalue weighted by Gasteiger charge is -2.29. The number of aliphatic hydroxyl groups excluding tert-OH is 1. The van der Waals surface area contributed by atoms with E-state index in [1.54, 1.807) is 25.7 Å². The number of imidazole rings is 1. The Bertz CT molecular complexity index is 594. The molecule has 1 aliphatic rings. The van der Waals surface area contributed by atoms with Crippen molar-refractivity contribution in [2.24, 2.45) is 7.05 Å². The molecule has 0 spiro atoms. The molecule has 2 heterocycles. The minimum Gasteiger partial charge on any atom is -0.497 e. The van der Waals surface area contributed by atoms with Gasteiger partial charge >= 0.3 is 0 Å². The van der Waals surface area contributed by atoms with E-state index in [1.807, 2.05) is 23.7 Å². The number of nitrogens with zero attached hydrogens (tertiary/aromatic N) is 2. The number of aromatic nitrogens is 2. The Labute approximate surface area is 111 Å². The minimum absolute atomic E-state index is 0.192. The van der Waals surface area contributed by atoms with Gasteiger partial charge in [0.1, 0.15) is 17.6 Å². The maximum absolute atomic E-state index is 10.2. The van der Waals surface area contributed by atoms with Gasteiger partial charge in [0.25, 0.3) is 0 Å². The minimum atomic E-state index is -0.533. The van der Waals surface area contributed by atoms with E-state index in [2.05, 4.69) is 4.98 Å². The average molecular weight is 260 g/mol. The highest BCUT2D eigenvalue weighted by Gasteiger charge is 2.29. The van der Waals surface area contributed by atoms with Gasteiger partial charge in [-0.3, -0.25) is 0 Å².